The molecule has 1 aliphatic heterocycles. The fraction of sp³-hybridized carbons (Fsp3) is 0.800. The van der Waals surface area contributed by atoms with E-state index < -0.39 is 5.60 Å². The van der Waals surface area contributed by atoms with Crippen LogP contribution in [0.2, 0.25) is 0 Å². The van der Waals surface area contributed by atoms with Gasteiger partial charge in [0.05, 0.1) is 12.2 Å². The van der Waals surface area contributed by atoms with Gasteiger partial charge in [-0.3, -0.25) is 0 Å². The molecule has 4 atom stereocenters. The molecule has 0 saturated carbocycles. The molecule has 1 heterocycles. The van der Waals surface area contributed by atoms with E-state index in [1.165, 1.54) is 0 Å². The molecular formula is C15H26O3. The number of rotatable bonds is 5. The van der Waals surface area contributed by atoms with Crippen molar-refractivity contribution in [3.8, 4) is 0 Å². The molecule has 18 heavy (non-hydrogen) atoms. The second-order valence-corrected chi connectivity index (χ2v) is 5.86. The fourth-order valence-corrected chi connectivity index (χ4v) is 2.83. The van der Waals surface area contributed by atoms with Gasteiger partial charge in [-0.15, -0.1) is 5.73 Å². The van der Waals surface area contributed by atoms with E-state index in [4.69, 9.17) is 9.47 Å². The molecule has 0 amide bonds. The summed E-state index contributed by atoms with van der Waals surface area (Å²) < 4.78 is 11.5. The average Bonchev–Trinajstić information content (AvgIpc) is 2.50. The summed E-state index contributed by atoms with van der Waals surface area (Å²) >= 11 is 0. The maximum atomic E-state index is 10.9. The summed E-state index contributed by atoms with van der Waals surface area (Å²) in [5.41, 5.74) is 1.55. The van der Waals surface area contributed by atoms with Crippen LogP contribution >= 0.6 is 0 Å². The van der Waals surface area contributed by atoms with E-state index >= 15 is 0 Å². The third-order valence-electron chi connectivity index (χ3n) is 3.47. The molecule has 0 spiro atoms. The van der Waals surface area contributed by atoms with Crippen molar-refractivity contribution in [2.75, 3.05) is 7.11 Å². The second-order valence-electron chi connectivity index (χ2n) is 5.86. The van der Waals surface area contributed by atoms with E-state index in [0.717, 1.165) is 6.42 Å². The number of aliphatic hydroxyl groups is 1. The Bertz CT molecular complexity index is 318. The zero-order valence-electron chi connectivity index (χ0n) is 12.1. The summed E-state index contributed by atoms with van der Waals surface area (Å²) in [7, 11) is 1.62. The summed E-state index contributed by atoms with van der Waals surface area (Å²) in [5, 5.41) is 10.9. The molecule has 0 aromatic heterocycles. The van der Waals surface area contributed by atoms with Crippen molar-refractivity contribution in [3.05, 3.63) is 18.4 Å². The minimum absolute atomic E-state index is 0.0861. The first-order valence-electron chi connectivity index (χ1n) is 6.64. The van der Waals surface area contributed by atoms with Crippen LogP contribution in [0.15, 0.2) is 18.4 Å². The minimum atomic E-state index is -1.13. The predicted molar refractivity (Wildman–Crippen MR) is 72.4 cm³/mol. The van der Waals surface area contributed by atoms with Gasteiger partial charge in [0.25, 0.3) is 0 Å². The van der Waals surface area contributed by atoms with Gasteiger partial charge < -0.3 is 14.6 Å². The monoisotopic (exact) mass is 254 g/mol. The van der Waals surface area contributed by atoms with Crippen molar-refractivity contribution >= 4 is 0 Å². The molecule has 0 radical (unpaired) electrons. The lowest BCUT2D eigenvalue weighted by Crippen LogP contribution is -2.49. The van der Waals surface area contributed by atoms with E-state index in [9.17, 15) is 5.11 Å². The average molecular weight is 254 g/mol. The molecule has 1 rings (SSSR count). The quantitative estimate of drug-likeness (QED) is 0.766. The zero-order chi connectivity index (χ0) is 13.9. The van der Waals surface area contributed by atoms with Crippen molar-refractivity contribution < 1.29 is 14.6 Å². The fourth-order valence-electron chi connectivity index (χ4n) is 2.83. The summed E-state index contributed by atoms with van der Waals surface area (Å²) in [4.78, 5) is 0. The number of methoxy groups -OCH3 is 1. The van der Waals surface area contributed by atoms with Crippen LogP contribution in [0.4, 0.5) is 0 Å². The van der Waals surface area contributed by atoms with Crippen LogP contribution in [-0.2, 0) is 9.47 Å². The molecule has 1 saturated heterocycles. The van der Waals surface area contributed by atoms with E-state index in [0.29, 0.717) is 5.92 Å². The molecule has 0 bridgehead atoms. The van der Waals surface area contributed by atoms with Gasteiger partial charge in [0, 0.05) is 7.11 Å². The molecule has 0 aliphatic carbocycles. The minimum Gasteiger partial charge on any atom is -0.380 e. The SMILES string of the molecule is C=C=C[C@@]1(O)[C@H](OC)[C@@H](CC(C)C)O[C@H]1C(C)C. The first kappa shape index (κ1) is 15.5. The molecule has 3 nitrogen and oxygen atoms in total. The molecule has 1 aliphatic rings. The third kappa shape index (κ3) is 2.86. The Kier molecular flexibility index (Phi) is 5.18. The maximum Gasteiger partial charge on any atom is 0.145 e. The highest BCUT2D eigenvalue weighted by Gasteiger charge is 2.55. The van der Waals surface area contributed by atoms with Crippen LogP contribution < -0.4 is 0 Å². The summed E-state index contributed by atoms with van der Waals surface area (Å²) in [6.45, 7) is 11.9. The number of hydrogen-bond donors (Lipinski definition) is 1. The Hall–Kier alpha value is -0.600. The van der Waals surface area contributed by atoms with E-state index in [1.807, 2.05) is 13.8 Å². The molecule has 3 heteroatoms. The van der Waals surface area contributed by atoms with Gasteiger partial charge in [-0.05, 0) is 24.3 Å². The number of ether oxygens (including phenoxy) is 2. The normalized spacial score (nSPS) is 36.1. The zero-order valence-corrected chi connectivity index (χ0v) is 12.1. The van der Waals surface area contributed by atoms with Crippen molar-refractivity contribution in [1.82, 2.24) is 0 Å². The lowest BCUT2D eigenvalue weighted by Gasteiger charge is -2.31. The Balaban J connectivity index is 3.06. The highest BCUT2D eigenvalue weighted by molar-refractivity contribution is 5.15. The highest BCUT2D eigenvalue weighted by Crippen LogP contribution is 2.39. The summed E-state index contributed by atoms with van der Waals surface area (Å²) in [5.74, 6) is 0.699. The van der Waals surface area contributed by atoms with Gasteiger partial charge in [-0.2, -0.15) is 0 Å². The van der Waals surface area contributed by atoms with Crippen LogP contribution in [0.1, 0.15) is 34.1 Å². The molecule has 0 aromatic rings. The van der Waals surface area contributed by atoms with Crippen molar-refractivity contribution in [1.29, 1.82) is 0 Å². The number of hydrogen-bond acceptors (Lipinski definition) is 3. The van der Waals surface area contributed by atoms with E-state index in [-0.39, 0.29) is 24.2 Å². The first-order valence-corrected chi connectivity index (χ1v) is 6.64. The summed E-state index contributed by atoms with van der Waals surface area (Å²) in [6, 6.07) is 0. The maximum absolute atomic E-state index is 10.9. The van der Waals surface area contributed by atoms with Gasteiger partial charge in [0.2, 0.25) is 0 Å². The summed E-state index contributed by atoms with van der Waals surface area (Å²) in [6.07, 6.45) is 1.74. The topological polar surface area (TPSA) is 38.7 Å². The smallest absolute Gasteiger partial charge is 0.145 e. The molecule has 0 unspecified atom stereocenters. The van der Waals surface area contributed by atoms with Crippen LogP contribution in [-0.4, -0.2) is 36.1 Å². The van der Waals surface area contributed by atoms with Crippen LogP contribution in [0.3, 0.4) is 0 Å². The van der Waals surface area contributed by atoms with E-state index in [1.54, 1.807) is 13.2 Å². The Labute approximate surface area is 110 Å². The molecule has 1 N–H and O–H groups in total. The Morgan fingerprint density at radius 1 is 1.44 bits per heavy atom. The molecule has 1 fully saturated rings. The highest BCUT2D eigenvalue weighted by atomic mass is 16.6. The van der Waals surface area contributed by atoms with Gasteiger partial charge in [0.15, 0.2) is 0 Å². The second kappa shape index (κ2) is 6.03. The third-order valence-corrected chi connectivity index (χ3v) is 3.47. The van der Waals surface area contributed by atoms with E-state index in [2.05, 4.69) is 26.2 Å². The Morgan fingerprint density at radius 3 is 2.44 bits per heavy atom. The van der Waals surface area contributed by atoms with Crippen LogP contribution in [0.5, 0.6) is 0 Å². The van der Waals surface area contributed by atoms with Crippen molar-refractivity contribution in [2.45, 2.75) is 58.0 Å². The van der Waals surface area contributed by atoms with Gasteiger partial charge >= 0.3 is 0 Å². The van der Waals surface area contributed by atoms with Gasteiger partial charge in [-0.25, -0.2) is 0 Å². The van der Waals surface area contributed by atoms with Crippen molar-refractivity contribution in [3.63, 3.8) is 0 Å². The van der Waals surface area contributed by atoms with Gasteiger partial charge in [-0.1, -0.05) is 34.3 Å². The first-order chi connectivity index (χ1) is 8.36. The van der Waals surface area contributed by atoms with Crippen molar-refractivity contribution in [2.24, 2.45) is 11.8 Å². The molecule has 104 valence electrons. The largest absolute Gasteiger partial charge is 0.380 e. The standard InChI is InChI=1S/C15H26O3/c1-7-8-15(16)13(11(4)5)18-12(9-10(2)3)14(15)17-6/h8,10-14,16H,1,9H2,2-6H3/t12-,13+,14-,15+/m1/s1. The predicted octanol–water partition coefficient (Wildman–Crippen LogP) is 2.54. The Morgan fingerprint density at radius 2 is 2.06 bits per heavy atom. The molecule has 0 aromatic carbocycles. The molecular weight excluding hydrogens is 228 g/mol. The lowest BCUT2D eigenvalue weighted by atomic mass is 9.84. The van der Waals surface area contributed by atoms with Crippen LogP contribution in [0.25, 0.3) is 0 Å². The lowest BCUT2D eigenvalue weighted by molar-refractivity contribution is -0.0670. The van der Waals surface area contributed by atoms with Gasteiger partial charge in [0.1, 0.15) is 11.7 Å². The van der Waals surface area contributed by atoms with Crippen LogP contribution in [0, 0.1) is 11.8 Å².